The Kier molecular flexibility index (Phi) is 5.26. The molecule has 1 saturated heterocycles. The quantitative estimate of drug-likeness (QED) is 0.646. The lowest BCUT2D eigenvalue weighted by Gasteiger charge is -2.24. The van der Waals surface area contributed by atoms with Gasteiger partial charge < -0.3 is 14.5 Å². The normalized spacial score (nSPS) is 15.1. The Morgan fingerprint density at radius 1 is 1.11 bits per heavy atom. The van der Waals surface area contributed by atoms with Crippen molar-refractivity contribution in [2.24, 2.45) is 0 Å². The first kappa shape index (κ1) is 17.8. The lowest BCUT2D eigenvalue weighted by atomic mass is 10.0. The molecule has 0 aliphatic carbocycles. The van der Waals surface area contributed by atoms with E-state index >= 15 is 0 Å². The summed E-state index contributed by atoms with van der Waals surface area (Å²) >= 11 is 0. The zero-order chi connectivity index (χ0) is 18.6. The van der Waals surface area contributed by atoms with Gasteiger partial charge in [0, 0.05) is 12.0 Å². The molecular formula is C23H25NO3. The van der Waals surface area contributed by atoms with Gasteiger partial charge in [0.15, 0.2) is 11.5 Å². The van der Waals surface area contributed by atoms with E-state index in [1.807, 2.05) is 55.5 Å². The lowest BCUT2D eigenvalue weighted by molar-refractivity contribution is 0.0957. The summed E-state index contributed by atoms with van der Waals surface area (Å²) in [7, 11) is 0. The minimum Gasteiger partial charge on any atom is -0.490 e. The Labute approximate surface area is 159 Å². The molecular weight excluding hydrogens is 338 g/mol. The van der Waals surface area contributed by atoms with Gasteiger partial charge in [-0.05, 0) is 57.0 Å². The van der Waals surface area contributed by atoms with Crippen molar-refractivity contribution in [1.82, 2.24) is 5.32 Å². The molecule has 1 aliphatic heterocycles. The highest BCUT2D eigenvalue weighted by molar-refractivity contribution is 6.01. The molecule has 4 rings (SSSR count). The number of Topliss-reactive ketones (excluding diaryl/α,β-unsaturated/α-hetero) is 1. The SMILES string of the molecule is Cc1c(C(=O)CCc2ccccc2)oc2cccc(OC3CCNCC3)c12. The van der Waals surface area contributed by atoms with Crippen molar-refractivity contribution < 1.29 is 13.9 Å². The number of furan rings is 1. The number of hydrogen-bond donors (Lipinski definition) is 1. The van der Waals surface area contributed by atoms with Crippen molar-refractivity contribution in [3.63, 3.8) is 0 Å². The van der Waals surface area contributed by atoms with Gasteiger partial charge in [0.1, 0.15) is 17.4 Å². The molecule has 4 nitrogen and oxygen atoms in total. The maximum Gasteiger partial charge on any atom is 0.198 e. The van der Waals surface area contributed by atoms with Gasteiger partial charge in [-0.3, -0.25) is 4.79 Å². The Balaban J connectivity index is 1.56. The standard InChI is InChI=1S/C23H25NO3/c1-16-22-20(26-18-12-14-24-15-13-18)8-5-9-21(22)27-23(16)19(25)11-10-17-6-3-2-4-7-17/h2-9,18,24H,10-15H2,1H3. The third-order valence-electron chi connectivity index (χ3n) is 5.23. The number of benzene rings is 2. The smallest absolute Gasteiger partial charge is 0.198 e. The molecule has 0 unspecified atom stereocenters. The average Bonchev–Trinajstić information content (AvgIpc) is 3.05. The molecule has 2 aromatic carbocycles. The van der Waals surface area contributed by atoms with Crippen molar-refractivity contribution in [2.75, 3.05) is 13.1 Å². The van der Waals surface area contributed by atoms with Crippen LogP contribution in [0.3, 0.4) is 0 Å². The second-order valence-corrected chi connectivity index (χ2v) is 7.16. The highest BCUT2D eigenvalue weighted by Crippen LogP contribution is 2.35. The predicted molar refractivity (Wildman–Crippen MR) is 107 cm³/mol. The second-order valence-electron chi connectivity index (χ2n) is 7.16. The topological polar surface area (TPSA) is 51.5 Å². The van der Waals surface area contributed by atoms with Crippen molar-refractivity contribution in [3.8, 4) is 5.75 Å². The molecule has 0 amide bonds. The van der Waals surface area contributed by atoms with E-state index in [1.165, 1.54) is 0 Å². The molecule has 3 aromatic rings. The molecule has 0 saturated carbocycles. The number of carbonyl (C=O) groups excluding carboxylic acids is 1. The van der Waals surface area contributed by atoms with Crippen LogP contribution in [0, 0.1) is 6.92 Å². The van der Waals surface area contributed by atoms with Crippen LogP contribution < -0.4 is 10.1 Å². The molecule has 4 heteroatoms. The summed E-state index contributed by atoms with van der Waals surface area (Å²) in [4.78, 5) is 12.8. The van der Waals surface area contributed by atoms with Gasteiger partial charge in [0.25, 0.3) is 0 Å². The Morgan fingerprint density at radius 3 is 2.67 bits per heavy atom. The van der Waals surface area contributed by atoms with Gasteiger partial charge in [-0.15, -0.1) is 0 Å². The van der Waals surface area contributed by atoms with Crippen LogP contribution in [0.25, 0.3) is 11.0 Å². The van der Waals surface area contributed by atoms with E-state index in [2.05, 4.69) is 5.32 Å². The van der Waals surface area contributed by atoms with Crippen LogP contribution in [0.4, 0.5) is 0 Å². The van der Waals surface area contributed by atoms with Gasteiger partial charge in [-0.25, -0.2) is 0 Å². The van der Waals surface area contributed by atoms with Crippen LogP contribution in [-0.2, 0) is 6.42 Å². The fourth-order valence-electron chi connectivity index (χ4n) is 3.74. The van der Waals surface area contributed by atoms with Crippen LogP contribution in [0.15, 0.2) is 52.9 Å². The number of carbonyl (C=O) groups is 1. The maximum atomic E-state index is 12.8. The Hall–Kier alpha value is -2.59. The molecule has 140 valence electrons. The molecule has 0 bridgehead atoms. The molecule has 1 aromatic heterocycles. The molecule has 1 aliphatic rings. The van der Waals surface area contributed by atoms with Crippen molar-refractivity contribution in [1.29, 1.82) is 0 Å². The van der Waals surface area contributed by atoms with Crippen molar-refractivity contribution in [3.05, 3.63) is 65.4 Å². The van der Waals surface area contributed by atoms with E-state index in [1.54, 1.807) is 0 Å². The number of hydrogen-bond acceptors (Lipinski definition) is 4. The Morgan fingerprint density at radius 2 is 1.89 bits per heavy atom. The van der Waals surface area contributed by atoms with Gasteiger partial charge >= 0.3 is 0 Å². The van der Waals surface area contributed by atoms with Gasteiger partial charge in [0.2, 0.25) is 0 Å². The second kappa shape index (κ2) is 7.97. The van der Waals surface area contributed by atoms with Gasteiger partial charge in [-0.1, -0.05) is 36.4 Å². The fourth-order valence-corrected chi connectivity index (χ4v) is 3.74. The number of fused-ring (bicyclic) bond motifs is 1. The number of rotatable bonds is 6. The third kappa shape index (κ3) is 3.91. The first-order valence-electron chi connectivity index (χ1n) is 9.69. The minimum absolute atomic E-state index is 0.0420. The van der Waals surface area contributed by atoms with E-state index in [9.17, 15) is 4.79 Å². The molecule has 27 heavy (non-hydrogen) atoms. The Bertz CT molecular complexity index is 923. The van der Waals surface area contributed by atoms with Gasteiger partial charge in [0.05, 0.1) is 5.39 Å². The van der Waals surface area contributed by atoms with Gasteiger partial charge in [-0.2, -0.15) is 0 Å². The highest BCUT2D eigenvalue weighted by Gasteiger charge is 2.22. The monoisotopic (exact) mass is 363 g/mol. The van der Waals surface area contributed by atoms with Crippen LogP contribution in [0.1, 0.15) is 40.9 Å². The summed E-state index contributed by atoms with van der Waals surface area (Å²) < 4.78 is 12.2. The van der Waals surface area contributed by atoms with E-state index in [0.29, 0.717) is 18.6 Å². The molecule has 1 fully saturated rings. The first-order chi connectivity index (χ1) is 13.2. The maximum absolute atomic E-state index is 12.8. The van der Waals surface area contributed by atoms with Crippen LogP contribution in [-0.4, -0.2) is 25.0 Å². The summed E-state index contributed by atoms with van der Waals surface area (Å²) in [5.74, 6) is 1.32. The summed E-state index contributed by atoms with van der Waals surface area (Å²) in [6, 6.07) is 15.9. The predicted octanol–water partition coefficient (Wildman–Crippen LogP) is 4.69. The molecule has 2 heterocycles. The average molecular weight is 363 g/mol. The summed E-state index contributed by atoms with van der Waals surface area (Å²) in [6.07, 6.45) is 3.36. The summed E-state index contributed by atoms with van der Waals surface area (Å²) in [5.41, 5.74) is 2.77. The molecule has 0 radical (unpaired) electrons. The van der Waals surface area contributed by atoms with Crippen molar-refractivity contribution >= 4 is 16.8 Å². The van der Waals surface area contributed by atoms with E-state index in [-0.39, 0.29) is 11.9 Å². The number of piperidine rings is 1. The number of nitrogens with one attached hydrogen (secondary N) is 1. The minimum atomic E-state index is 0.0420. The molecule has 0 atom stereocenters. The molecule has 1 N–H and O–H groups in total. The largest absolute Gasteiger partial charge is 0.490 e. The zero-order valence-corrected chi connectivity index (χ0v) is 15.7. The van der Waals surface area contributed by atoms with E-state index in [4.69, 9.17) is 9.15 Å². The molecule has 0 spiro atoms. The van der Waals surface area contributed by atoms with E-state index in [0.717, 1.165) is 53.8 Å². The van der Waals surface area contributed by atoms with Crippen LogP contribution >= 0.6 is 0 Å². The van der Waals surface area contributed by atoms with Crippen molar-refractivity contribution in [2.45, 2.75) is 38.7 Å². The highest BCUT2D eigenvalue weighted by atomic mass is 16.5. The first-order valence-corrected chi connectivity index (χ1v) is 9.69. The third-order valence-corrected chi connectivity index (χ3v) is 5.23. The van der Waals surface area contributed by atoms with E-state index < -0.39 is 0 Å². The zero-order valence-electron chi connectivity index (χ0n) is 15.7. The number of aryl methyl sites for hydroxylation is 2. The van der Waals surface area contributed by atoms with Crippen LogP contribution in [0.2, 0.25) is 0 Å². The summed E-state index contributed by atoms with van der Waals surface area (Å²) in [6.45, 7) is 3.92. The fraction of sp³-hybridized carbons (Fsp3) is 0.348. The number of ether oxygens (including phenoxy) is 1. The lowest BCUT2D eigenvalue weighted by Crippen LogP contribution is -2.34. The number of ketones is 1. The summed E-state index contributed by atoms with van der Waals surface area (Å²) in [5, 5.41) is 4.28. The van der Waals surface area contributed by atoms with Crippen LogP contribution in [0.5, 0.6) is 5.75 Å².